The summed E-state index contributed by atoms with van der Waals surface area (Å²) >= 11 is 0. The fourth-order valence-electron chi connectivity index (χ4n) is 4.07. The van der Waals surface area contributed by atoms with Crippen LogP contribution in [-0.4, -0.2) is 31.1 Å². The Kier molecular flexibility index (Phi) is 4.27. The topological polar surface area (TPSA) is 79.6 Å². The minimum absolute atomic E-state index is 0.100. The van der Waals surface area contributed by atoms with E-state index in [1.54, 1.807) is 25.0 Å². The molecule has 0 fully saturated rings. The van der Waals surface area contributed by atoms with Crippen molar-refractivity contribution in [1.29, 1.82) is 5.26 Å². The van der Waals surface area contributed by atoms with Crippen LogP contribution in [0.1, 0.15) is 51.2 Å². The molecule has 1 aromatic carbocycles. The zero-order valence-corrected chi connectivity index (χ0v) is 15.7. The largest absolute Gasteiger partial charge is 0.497 e. The van der Waals surface area contributed by atoms with Gasteiger partial charge in [-0.3, -0.25) is 4.79 Å². The van der Waals surface area contributed by atoms with E-state index >= 15 is 0 Å². The van der Waals surface area contributed by atoms with Crippen molar-refractivity contribution in [2.24, 2.45) is 0 Å². The number of rotatable bonds is 3. The first-order valence-electron chi connectivity index (χ1n) is 8.65. The maximum atomic E-state index is 13.3. The van der Waals surface area contributed by atoms with Crippen molar-refractivity contribution in [3.63, 3.8) is 0 Å². The molecule has 0 radical (unpaired) electrons. The molecule has 1 aromatic rings. The minimum Gasteiger partial charge on any atom is -0.497 e. The molecule has 0 bridgehead atoms. The van der Waals surface area contributed by atoms with Crippen molar-refractivity contribution in [2.75, 3.05) is 18.6 Å². The van der Waals surface area contributed by atoms with Gasteiger partial charge in [0.05, 0.1) is 25.0 Å². The summed E-state index contributed by atoms with van der Waals surface area (Å²) in [6, 6.07) is 5.53. The first-order chi connectivity index (χ1) is 12.3. The van der Waals surface area contributed by atoms with Gasteiger partial charge in [-0.2, -0.15) is 5.26 Å². The molecule has 2 aliphatic heterocycles. The van der Waals surface area contributed by atoms with Crippen molar-refractivity contribution >= 4 is 23.1 Å². The zero-order valence-electron chi connectivity index (χ0n) is 15.7. The first kappa shape index (κ1) is 18.0. The van der Waals surface area contributed by atoms with Gasteiger partial charge < -0.3 is 14.4 Å². The van der Waals surface area contributed by atoms with Crippen LogP contribution in [0.25, 0.3) is 5.57 Å². The Morgan fingerprint density at radius 3 is 2.69 bits per heavy atom. The van der Waals surface area contributed by atoms with E-state index in [1.165, 1.54) is 0 Å². The Morgan fingerprint density at radius 2 is 2.12 bits per heavy atom. The summed E-state index contributed by atoms with van der Waals surface area (Å²) in [6.07, 6.45) is 0.771. The van der Waals surface area contributed by atoms with E-state index in [-0.39, 0.29) is 29.6 Å². The third-order valence-electron chi connectivity index (χ3n) is 5.04. The van der Waals surface area contributed by atoms with E-state index in [2.05, 4.69) is 6.92 Å². The van der Waals surface area contributed by atoms with Crippen LogP contribution in [0.2, 0.25) is 0 Å². The van der Waals surface area contributed by atoms with Crippen LogP contribution in [-0.2, 0) is 14.3 Å². The second-order valence-electron chi connectivity index (χ2n) is 7.25. The van der Waals surface area contributed by atoms with Crippen molar-refractivity contribution in [2.45, 2.75) is 45.6 Å². The van der Waals surface area contributed by atoms with Gasteiger partial charge in [-0.1, -0.05) is 6.92 Å². The number of methoxy groups -OCH3 is 1. The van der Waals surface area contributed by atoms with Crippen molar-refractivity contribution in [3.8, 4) is 11.8 Å². The Labute approximate surface area is 153 Å². The maximum absolute atomic E-state index is 13.3. The quantitative estimate of drug-likeness (QED) is 0.473. The summed E-state index contributed by atoms with van der Waals surface area (Å²) in [5.41, 5.74) is 1.74. The first-order valence-corrected chi connectivity index (χ1v) is 8.65. The van der Waals surface area contributed by atoms with Crippen molar-refractivity contribution in [3.05, 3.63) is 28.8 Å². The lowest BCUT2D eigenvalue weighted by Crippen LogP contribution is -2.49. The maximum Gasteiger partial charge on any atom is 0.349 e. The molecule has 1 amide bonds. The number of ether oxygens (including phenoxy) is 2. The third kappa shape index (κ3) is 2.47. The number of carbonyl (C=O) groups is 2. The molecule has 2 heterocycles. The SMILES string of the molecule is CCOC(=O)/C(C#N)=C1\C(=O)N2c3c1cc(OC)cc3C(C)CC2(C)C. The lowest BCUT2D eigenvalue weighted by molar-refractivity contribution is -0.138. The van der Waals surface area contributed by atoms with Gasteiger partial charge in [0.1, 0.15) is 11.8 Å². The summed E-state index contributed by atoms with van der Waals surface area (Å²) in [7, 11) is 1.56. The Bertz CT molecular complexity index is 877. The molecule has 6 nitrogen and oxygen atoms in total. The lowest BCUT2D eigenvalue weighted by atomic mass is 9.80. The molecular weight excluding hydrogens is 332 g/mol. The number of hydrogen-bond donors (Lipinski definition) is 0. The average molecular weight is 354 g/mol. The number of carbonyl (C=O) groups excluding carboxylic acids is 2. The van der Waals surface area contributed by atoms with Gasteiger partial charge in [0.2, 0.25) is 0 Å². The second kappa shape index (κ2) is 6.17. The van der Waals surface area contributed by atoms with Crippen LogP contribution < -0.4 is 9.64 Å². The molecule has 26 heavy (non-hydrogen) atoms. The van der Waals surface area contributed by atoms with Gasteiger partial charge >= 0.3 is 5.97 Å². The standard InChI is InChI=1S/C20H22N2O4/c1-6-26-19(24)15(10-21)16-14-8-12(25-5)7-13-11(2)9-20(3,4)22(17(13)14)18(16)23/h7-8,11H,6,9H2,1-5H3/b16-15-. The van der Waals surface area contributed by atoms with E-state index in [9.17, 15) is 14.9 Å². The van der Waals surface area contributed by atoms with Gasteiger partial charge in [0, 0.05) is 11.1 Å². The molecule has 3 rings (SSSR count). The second-order valence-corrected chi connectivity index (χ2v) is 7.25. The lowest BCUT2D eigenvalue weighted by Gasteiger charge is -2.43. The van der Waals surface area contributed by atoms with Crippen LogP contribution >= 0.6 is 0 Å². The van der Waals surface area contributed by atoms with Gasteiger partial charge in [-0.05, 0) is 50.8 Å². The minimum atomic E-state index is -0.777. The molecule has 0 spiro atoms. The number of hydrogen-bond acceptors (Lipinski definition) is 5. The molecule has 6 heteroatoms. The molecule has 0 aliphatic carbocycles. The highest BCUT2D eigenvalue weighted by Crippen LogP contribution is 2.53. The third-order valence-corrected chi connectivity index (χ3v) is 5.04. The fraction of sp³-hybridized carbons (Fsp3) is 0.450. The molecular formula is C20H22N2O4. The smallest absolute Gasteiger partial charge is 0.349 e. The van der Waals surface area contributed by atoms with Crippen LogP contribution in [0.5, 0.6) is 5.75 Å². The Morgan fingerprint density at radius 1 is 1.42 bits per heavy atom. The molecule has 2 aliphatic rings. The number of nitriles is 1. The molecule has 0 N–H and O–H groups in total. The van der Waals surface area contributed by atoms with E-state index in [0.717, 1.165) is 17.7 Å². The van der Waals surface area contributed by atoms with Gasteiger partial charge in [-0.25, -0.2) is 4.79 Å². The molecule has 1 unspecified atom stereocenters. The van der Waals surface area contributed by atoms with Crippen LogP contribution in [0, 0.1) is 11.3 Å². The van der Waals surface area contributed by atoms with E-state index in [1.807, 2.05) is 26.0 Å². The molecule has 0 aromatic heterocycles. The highest BCUT2D eigenvalue weighted by molar-refractivity contribution is 6.37. The summed E-state index contributed by atoms with van der Waals surface area (Å²) in [5.74, 6) is -0.305. The van der Waals surface area contributed by atoms with E-state index in [0.29, 0.717) is 11.3 Å². The monoisotopic (exact) mass is 354 g/mol. The molecule has 136 valence electrons. The highest BCUT2D eigenvalue weighted by Gasteiger charge is 2.49. The summed E-state index contributed by atoms with van der Waals surface area (Å²) in [4.78, 5) is 27.3. The predicted octanol–water partition coefficient (Wildman–Crippen LogP) is 3.17. The highest BCUT2D eigenvalue weighted by atomic mass is 16.5. The average Bonchev–Trinajstić information content (AvgIpc) is 2.87. The summed E-state index contributed by atoms with van der Waals surface area (Å²) in [5, 5.41) is 9.57. The van der Waals surface area contributed by atoms with Crippen molar-refractivity contribution in [1.82, 2.24) is 0 Å². The van der Waals surface area contributed by atoms with Gasteiger partial charge in [0.25, 0.3) is 5.91 Å². The van der Waals surface area contributed by atoms with Crippen molar-refractivity contribution < 1.29 is 19.1 Å². The number of amides is 1. The molecule has 0 saturated heterocycles. The van der Waals surface area contributed by atoms with E-state index in [4.69, 9.17) is 9.47 Å². The summed E-state index contributed by atoms with van der Waals surface area (Å²) < 4.78 is 10.4. The predicted molar refractivity (Wildman–Crippen MR) is 96.8 cm³/mol. The zero-order chi connectivity index (χ0) is 19.2. The Hall–Kier alpha value is -2.81. The van der Waals surface area contributed by atoms with E-state index < -0.39 is 11.5 Å². The van der Waals surface area contributed by atoms with Gasteiger partial charge in [0.15, 0.2) is 5.57 Å². The number of esters is 1. The number of benzene rings is 1. The van der Waals surface area contributed by atoms with Crippen LogP contribution in [0.15, 0.2) is 17.7 Å². The van der Waals surface area contributed by atoms with Crippen LogP contribution in [0.3, 0.4) is 0 Å². The number of nitrogens with zero attached hydrogens (tertiary/aromatic N) is 2. The molecule has 0 saturated carbocycles. The van der Waals surface area contributed by atoms with Gasteiger partial charge in [-0.15, -0.1) is 0 Å². The number of anilines is 1. The fourth-order valence-corrected chi connectivity index (χ4v) is 4.07. The summed E-state index contributed by atoms with van der Waals surface area (Å²) in [6.45, 7) is 7.90. The normalized spacial score (nSPS) is 21.8. The Balaban J connectivity index is 2.36. The van der Waals surface area contributed by atoms with Crippen LogP contribution in [0.4, 0.5) is 5.69 Å². The molecule has 1 atom stereocenters.